The second-order valence-electron chi connectivity index (χ2n) is 12.8. The molecule has 0 N–H and O–H groups in total. The van der Waals surface area contributed by atoms with Crippen LogP contribution in [0, 0.1) is 0 Å². The fourth-order valence-corrected chi connectivity index (χ4v) is 4.83. The number of quaternary nitrogens is 1. The molecule has 0 aliphatic rings. The van der Waals surface area contributed by atoms with Crippen LogP contribution in [0.25, 0.3) is 0 Å². The average molecular weight is 578 g/mol. The molecule has 7 nitrogen and oxygen atoms in total. The second-order valence-corrected chi connectivity index (χ2v) is 14.2. The summed E-state index contributed by atoms with van der Waals surface area (Å²) in [5.74, 6) is 0. The molecule has 2 atom stereocenters. The molecule has 0 rings (SSSR count). The van der Waals surface area contributed by atoms with E-state index in [1.165, 1.54) is 70.6 Å². The zero-order chi connectivity index (χ0) is 29.5. The van der Waals surface area contributed by atoms with Crippen molar-refractivity contribution in [1.82, 2.24) is 0 Å². The quantitative estimate of drug-likeness (QED) is 0.0429. The van der Waals surface area contributed by atoms with Crippen molar-refractivity contribution in [3.63, 3.8) is 0 Å². The van der Waals surface area contributed by atoms with Gasteiger partial charge in [0.05, 0.1) is 40.0 Å². The van der Waals surface area contributed by atoms with Crippen LogP contribution >= 0.6 is 7.82 Å². The highest BCUT2D eigenvalue weighted by Gasteiger charge is 2.22. The van der Waals surface area contributed by atoms with Crippen LogP contribution in [-0.2, 0) is 23.1 Å². The van der Waals surface area contributed by atoms with Gasteiger partial charge in [-0.15, -0.1) is 0 Å². The molecular formula is C31H64NO6P. The first-order chi connectivity index (χ1) is 18.3. The first-order valence-corrected chi connectivity index (χ1v) is 17.1. The van der Waals surface area contributed by atoms with Crippen molar-refractivity contribution in [2.24, 2.45) is 0 Å². The molecular weight excluding hydrogens is 513 g/mol. The number of hydrogen-bond acceptors (Lipinski definition) is 6. The molecule has 0 heterocycles. The van der Waals surface area contributed by atoms with E-state index in [0.717, 1.165) is 25.7 Å². The third-order valence-corrected chi connectivity index (χ3v) is 7.27. The Morgan fingerprint density at radius 1 is 0.744 bits per heavy atom. The van der Waals surface area contributed by atoms with E-state index in [1.54, 1.807) is 0 Å². The van der Waals surface area contributed by atoms with Crippen molar-refractivity contribution in [1.29, 1.82) is 0 Å². The summed E-state index contributed by atoms with van der Waals surface area (Å²) < 4.78 is 34.6. The number of ether oxygens (including phenoxy) is 2. The van der Waals surface area contributed by atoms with Crippen molar-refractivity contribution >= 4 is 7.82 Å². The molecule has 0 radical (unpaired) electrons. The summed E-state index contributed by atoms with van der Waals surface area (Å²) in [6.45, 7) is 9.50. The molecule has 0 spiro atoms. The molecule has 8 heteroatoms. The molecule has 0 saturated heterocycles. The first kappa shape index (κ1) is 38.7. The Bertz CT molecular complexity index is 630. The highest BCUT2D eigenvalue weighted by atomic mass is 31.2. The summed E-state index contributed by atoms with van der Waals surface area (Å²) >= 11 is 0. The number of hydrogen-bond donors (Lipinski definition) is 0. The Morgan fingerprint density at radius 2 is 1.26 bits per heavy atom. The maximum Gasteiger partial charge on any atom is 0.268 e. The van der Waals surface area contributed by atoms with Gasteiger partial charge < -0.3 is 27.9 Å². The minimum Gasteiger partial charge on any atom is -0.756 e. The van der Waals surface area contributed by atoms with Crippen LogP contribution in [0.3, 0.4) is 0 Å². The maximum atomic E-state index is 12.1. The number of likely N-dealkylation sites (N-methyl/N-ethyl adjacent to an activating group) is 1. The van der Waals surface area contributed by atoms with Gasteiger partial charge in [-0.3, -0.25) is 4.57 Å². The van der Waals surface area contributed by atoms with Crippen LogP contribution in [0.4, 0.5) is 0 Å². The Balaban J connectivity index is 3.87. The second kappa shape index (κ2) is 23.3. The lowest BCUT2D eigenvalue weighted by Crippen LogP contribution is -2.38. The zero-order valence-corrected chi connectivity index (χ0v) is 27.6. The monoisotopic (exact) mass is 577 g/mol. The van der Waals surface area contributed by atoms with E-state index in [9.17, 15) is 9.46 Å². The zero-order valence-electron chi connectivity index (χ0n) is 26.7. The van der Waals surface area contributed by atoms with Gasteiger partial charge >= 0.3 is 0 Å². The fourth-order valence-electron chi connectivity index (χ4n) is 4.10. The maximum absolute atomic E-state index is 12.1. The molecule has 0 saturated carbocycles. The Labute approximate surface area is 242 Å². The SMILES string of the molecule is CCCCCCCCCCCC/C=C\CCCCCOC[C@H](COP(=O)([O-])OCC[N+](C)(C)C)OC(C)(C)C. The van der Waals surface area contributed by atoms with Crippen molar-refractivity contribution in [2.75, 3.05) is 54.1 Å². The number of allylic oxidation sites excluding steroid dienone is 2. The smallest absolute Gasteiger partial charge is 0.268 e. The normalized spacial score (nSPS) is 15.2. The molecule has 0 fully saturated rings. The first-order valence-electron chi connectivity index (χ1n) is 15.7. The van der Waals surface area contributed by atoms with E-state index in [0.29, 0.717) is 17.6 Å². The summed E-state index contributed by atoms with van der Waals surface area (Å²) in [4.78, 5) is 12.1. The van der Waals surface area contributed by atoms with Crippen molar-refractivity contribution in [2.45, 2.75) is 136 Å². The van der Waals surface area contributed by atoms with Crippen molar-refractivity contribution in [3.8, 4) is 0 Å². The number of phosphoric acid groups is 1. The van der Waals surface area contributed by atoms with Gasteiger partial charge in [0.1, 0.15) is 19.3 Å². The van der Waals surface area contributed by atoms with Crippen LogP contribution in [0.15, 0.2) is 12.2 Å². The van der Waals surface area contributed by atoms with E-state index in [-0.39, 0.29) is 19.8 Å². The third-order valence-electron chi connectivity index (χ3n) is 6.30. The molecule has 0 aliphatic heterocycles. The van der Waals surface area contributed by atoms with Gasteiger partial charge in [-0.25, -0.2) is 0 Å². The van der Waals surface area contributed by atoms with Crippen LogP contribution in [0.1, 0.15) is 124 Å². The van der Waals surface area contributed by atoms with Gasteiger partial charge in [-0.1, -0.05) is 83.3 Å². The third kappa shape index (κ3) is 30.5. The molecule has 1 unspecified atom stereocenters. The van der Waals surface area contributed by atoms with Gasteiger partial charge in [0.2, 0.25) is 0 Å². The van der Waals surface area contributed by atoms with Gasteiger partial charge in [0, 0.05) is 6.61 Å². The van der Waals surface area contributed by atoms with Crippen molar-refractivity contribution in [3.05, 3.63) is 12.2 Å². The average Bonchev–Trinajstić information content (AvgIpc) is 2.82. The fraction of sp³-hybridized carbons (Fsp3) is 0.935. The van der Waals surface area contributed by atoms with E-state index >= 15 is 0 Å². The van der Waals surface area contributed by atoms with Gasteiger partial charge in [0.15, 0.2) is 0 Å². The van der Waals surface area contributed by atoms with Gasteiger partial charge in [0.25, 0.3) is 7.82 Å². The Kier molecular flexibility index (Phi) is 23.1. The summed E-state index contributed by atoms with van der Waals surface area (Å²) in [5, 5.41) is 0. The van der Waals surface area contributed by atoms with E-state index < -0.39 is 19.5 Å². The number of phosphoric ester groups is 1. The number of unbranched alkanes of at least 4 members (excludes halogenated alkanes) is 13. The molecule has 0 bridgehead atoms. The predicted molar refractivity (Wildman–Crippen MR) is 162 cm³/mol. The summed E-state index contributed by atoms with van der Waals surface area (Å²) in [5.41, 5.74) is -0.435. The highest BCUT2D eigenvalue weighted by Crippen LogP contribution is 2.38. The lowest BCUT2D eigenvalue weighted by molar-refractivity contribution is -0.870. The Hall–Kier alpha value is -0.270. The van der Waals surface area contributed by atoms with Crippen LogP contribution in [0.5, 0.6) is 0 Å². The van der Waals surface area contributed by atoms with Gasteiger partial charge in [-0.05, 0) is 52.9 Å². The van der Waals surface area contributed by atoms with Gasteiger partial charge in [-0.2, -0.15) is 0 Å². The lowest BCUT2D eigenvalue weighted by atomic mass is 10.1. The number of rotatable bonds is 27. The molecule has 0 aromatic heterocycles. The standard InChI is InChI=1S/C31H64NO6P/c1-8-9-10-11-12-13-14-15-16-17-18-19-20-21-22-23-24-26-35-28-30(38-31(2,3)4)29-37-39(33,34)36-27-25-32(5,6)7/h19-20,30H,8-18,21-29H2,1-7H3/b20-19-/t30-/m1/s1. The molecule has 0 aromatic carbocycles. The summed E-state index contributed by atoms with van der Waals surface area (Å²) in [7, 11) is 1.54. The molecule has 0 aliphatic carbocycles. The largest absolute Gasteiger partial charge is 0.756 e. The van der Waals surface area contributed by atoms with Crippen LogP contribution < -0.4 is 4.89 Å². The molecule has 0 amide bonds. The number of nitrogens with zero attached hydrogens (tertiary/aromatic N) is 1. The summed E-state index contributed by atoms with van der Waals surface area (Å²) in [6, 6.07) is 0. The van der Waals surface area contributed by atoms with E-state index in [2.05, 4.69) is 19.1 Å². The van der Waals surface area contributed by atoms with E-state index in [4.69, 9.17) is 18.5 Å². The minimum absolute atomic E-state index is 0.0834. The molecule has 0 aromatic rings. The molecule has 39 heavy (non-hydrogen) atoms. The Morgan fingerprint density at radius 3 is 1.77 bits per heavy atom. The van der Waals surface area contributed by atoms with Crippen LogP contribution in [0.2, 0.25) is 0 Å². The van der Waals surface area contributed by atoms with Crippen molar-refractivity contribution < 1.29 is 32.5 Å². The van der Waals surface area contributed by atoms with E-state index in [1.807, 2.05) is 41.9 Å². The molecule has 234 valence electrons. The van der Waals surface area contributed by atoms with Crippen LogP contribution in [-0.4, -0.2) is 70.3 Å². The highest BCUT2D eigenvalue weighted by molar-refractivity contribution is 7.45. The minimum atomic E-state index is -4.38. The topological polar surface area (TPSA) is 77.1 Å². The summed E-state index contributed by atoms with van der Waals surface area (Å²) in [6.07, 6.45) is 23.6. The lowest BCUT2D eigenvalue weighted by Gasteiger charge is -2.31. The predicted octanol–water partition coefficient (Wildman–Crippen LogP) is 7.82.